The van der Waals surface area contributed by atoms with E-state index in [2.05, 4.69) is 10.6 Å². The smallest absolute Gasteiger partial charge is 0.260 e. The van der Waals surface area contributed by atoms with Crippen molar-refractivity contribution in [2.45, 2.75) is 6.92 Å². The number of rotatable bonds is 6. The largest absolute Gasteiger partial charge is 0.322 e. The number of hydrogen-bond donors (Lipinski definition) is 2. The van der Waals surface area contributed by atoms with Crippen molar-refractivity contribution in [2.24, 2.45) is 0 Å². The molecule has 0 saturated heterocycles. The van der Waals surface area contributed by atoms with Gasteiger partial charge in [0, 0.05) is 27.5 Å². The maximum atomic E-state index is 14.2. The Bertz CT molecular complexity index is 1970. The highest BCUT2D eigenvalue weighted by atomic mass is 35.5. The molecule has 0 bridgehead atoms. The van der Waals surface area contributed by atoms with Gasteiger partial charge in [0.2, 0.25) is 0 Å². The summed E-state index contributed by atoms with van der Waals surface area (Å²) in [6, 6.07) is 35.6. The summed E-state index contributed by atoms with van der Waals surface area (Å²) in [5.41, 5.74) is 3.27. The van der Waals surface area contributed by atoms with Gasteiger partial charge in [-0.05, 0) is 67.1 Å². The summed E-state index contributed by atoms with van der Waals surface area (Å²) in [5, 5.41) is 11.3. The fourth-order valence-electron chi connectivity index (χ4n) is 5.06. The molecule has 2 aliphatic rings. The minimum absolute atomic E-state index is 0.156. The predicted octanol–water partition coefficient (Wildman–Crippen LogP) is 7.47. The van der Waals surface area contributed by atoms with E-state index in [0.29, 0.717) is 44.6 Å². The molecule has 43 heavy (non-hydrogen) atoms. The lowest BCUT2D eigenvalue weighted by Gasteiger charge is -2.23. The fourth-order valence-corrected chi connectivity index (χ4v) is 5.19. The molecule has 1 aliphatic carbocycles. The molecule has 0 atom stereocenters. The molecule has 2 N–H and O–H groups in total. The Morgan fingerprint density at radius 3 is 1.77 bits per heavy atom. The highest BCUT2D eigenvalue weighted by Crippen LogP contribution is 2.38. The second-order valence-corrected chi connectivity index (χ2v) is 10.3. The van der Waals surface area contributed by atoms with Gasteiger partial charge in [0.05, 0.1) is 22.5 Å². The third-order valence-corrected chi connectivity index (χ3v) is 7.32. The molecule has 0 radical (unpaired) electrons. The van der Waals surface area contributed by atoms with Crippen LogP contribution < -0.4 is 16.1 Å². The van der Waals surface area contributed by atoms with Gasteiger partial charge in [0.15, 0.2) is 5.43 Å². The lowest BCUT2D eigenvalue weighted by atomic mass is 9.88. The van der Waals surface area contributed by atoms with Crippen molar-refractivity contribution in [3.63, 3.8) is 0 Å². The van der Waals surface area contributed by atoms with Crippen LogP contribution in [0.3, 0.4) is 0 Å². The minimum atomic E-state index is -0.642. The molecular formula is C35H25ClN4O3. The SMILES string of the molecule is Cc1c(C(=O)Nc2ccccc2)c2c(C(=O)Nc3ccccc3)c(=O)cc(-c3ccc(Cl)cc3)c-2nn1-c1ccccc1. The first kappa shape index (κ1) is 27.6. The van der Waals surface area contributed by atoms with Gasteiger partial charge in [-0.25, -0.2) is 4.68 Å². The molecule has 1 aliphatic heterocycles. The molecule has 8 heteroatoms. The standard InChI is InChI=1S/C35H25ClN4O3/c1-22-30(34(42)37-25-11-5-2-6-12-25)32-31(35(43)38-26-13-7-3-8-14-26)29(41)21-28(23-17-19-24(36)20-18-23)33(32)39-40(22)27-15-9-4-10-16-27/h2-21H,1H3,(H,37,42)(H,38,43). The Balaban J connectivity index is 1.68. The number of nitrogens with one attached hydrogen (secondary N) is 2. The van der Waals surface area contributed by atoms with Crippen molar-refractivity contribution in [3.05, 3.63) is 153 Å². The number of benzene rings is 5. The van der Waals surface area contributed by atoms with Gasteiger partial charge in [-0.2, -0.15) is 5.10 Å². The number of carbonyl (C=O) groups excluding carboxylic acids is 2. The van der Waals surface area contributed by atoms with E-state index in [1.165, 1.54) is 6.07 Å². The Hall–Kier alpha value is -5.53. The number of hydrogen-bond acceptors (Lipinski definition) is 4. The third kappa shape index (κ3) is 5.54. The van der Waals surface area contributed by atoms with Crippen LogP contribution in [0.1, 0.15) is 26.4 Å². The second-order valence-electron chi connectivity index (χ2n) is 9.88. The number of nitrogens with zero attached hydrogens (tertiary/aromatic N) is 2. The number of fused-ring (bicyclic) bond motifs is 1. The van der Waals surface area contributed by atoms with Gasteiger partial charge in [-0.15, -0.1) is 0 Å². The van der Waals surface area contributed by atoms with Crippen LogP contribution >= 0.6 is 11.6 Å². The summed E-state index contributed by atoms with van der Waals surface area (Å²) in [5.74, 6) is -1.13. The van der Waals surface area contributed by atoms with E-state index in [1.807, 2.05) is 54.6 Å². The van der Waals surface area contributed by atoms with Gasteiger partial charge in [0.25, 0.3) is 11.8 Å². The van der Waals surface area contributed by atoms with E-state index in [0.717, 1.165) is 0 Å². The molecule has 0 saturated carbocycles. The van der Waals surface area contributed by atoms with Crippen molar-refractivity contribution >= 4 is 34.8 Å². The van der Waals surface area contributed by atoms with Crippen molar-refractivity contribution < 1.29 is 9.59 Å². The Morgan fingerprint density at radius 2 is 1.21 bits per heavy atom. The van der Waals surface area contributed by atoms with E-state index in [-0.39, 0.29) is 16.7 Å². The van der Waals surface area contributed by atoms with Crippen LogP contribution in [0.5, 0.6) is 0 Å². The highest BCUT2D eigenvalue weighted by molar-refractivity contribution is 6.30. The molecular weight excluding hydrogens is 560 g/mol. The number of aromatic nitrogens is 2. The Morgan fingerprint density at radius 1 is 0.698 bits per heavy atom. The maximum absolute atomic E-state index is 14.2. The molecule has 1 heterocycles. The van der Waals surface area contributed by atoms with E-state index < -0.39 is 17.2 Å². The summed E-state index contributed by atoms with van der Waals surface area (Å²) >= 11 is 6.17. The molecule has 7 nitrogen and oxygen atoms in total. The number of halogens is 1. The van der Waals surface area contributed by atoms with Crippen LogP contribution in [0.15, 0.2) is 126 Å². The molecule has 4 aromatic rings. The van der Waals surface area contributed by atoms with Crippen LogP contribution in [0, 0.1) is 6.92 Å². The summed E-state index contributed by atoms with van der Waals surface area (Å²) in [6.07, 6.45) is 0. The first-order chi connectivity index (χ1) is 20.9. The maximum Gasteiger partial charge on any atom is 0.260 e. The zero-order valence-electron chi connectivity index (χ0n) is 23.0. The normalized spacial score (nSPS) is 10.8. The quantitative estimate of drug-likeness (QED) is 0.212. The van der Waals surface area contributed by atoms with Gasteiger partial charge < -0.3 is 10.6 Å². The molecule has 0 fully saturated rings. The monoisotopic (exact) mass is 584 g/mol. The second kappa shape index (κ2) is 11.8. The zero-order chi connectivity index (χ0) is 29.9. The molecule has 210 valence electrons. The average molecular weight is 585 g/mol. The Kier molecular flexibility index (Phi) is 7.56. The first-order valence-corrected chi connectivity index (χ1v) is 13.9. The van der Waals surface area contributed by atoms with Gasteiger partial charge >= 0.3 is 0 Å². The van der Waals surface area contributed by atoms with E-state index in [1.54, 1.807) is 72.3 Å². The van der Waals surface area contributed by atoms with Crippen molar-refractivity contribution in [1.82, 2.24) is 9.78 Å². The van der Waals surface area contributed by atoms with E-state index >= 15 is 0 Å². The van der Waals surface area contributed by atoms with E-state index in [4.69, 9.17) is 16.7 Å². The first-order valence-electron chi connectivity index (χ1n) is 13.6. The van der Waals surface area contributed by atoms with Crippen molar-refractivity contribution in [1.29, 1.82) is 0 Å². The lowest BCUT2D eigenvalue weighted by Crippen LogP contribution is -2.28. The highest BCUT2D eigenvalue weighted by Gasteiger charge is 2.32. The summed E-state index contributed by atoms with van der Waals surface area (Å²) in [6.45, 7) is 1.75. The van der Waals surface area contributed by atoms with E-state index in [9.17, 15) is 14.4 Å². The summed E-state index contributed by atoms with van der Waals surface area (Å²) in [4.78, 5) is 41.9. The Labute approximate surface area is 252 Å². The molecule has 0 aromatic heterocycles. The summed E-state index contributed by atoms with van der Waals surface area (Å²) in [7, 11) is 0. The topological polar surface area (TPSA) is 93.1 Å². The predicted molar refractivity (Wildman–Crippen MR) is 170 cm³/mol. The number of amides is 2. The number of para-hydroxylation sites is 3. The van der Waals surface area contributed by atoms with Gasteiger partial charge in [0.1, 0.15) is 5.69 Å². The van der Waals surface area contributed by atoms with Crippen LogP contribution in [0.4, 0.5) is 11.4 Å². The molecule has 2 amide bonds. The fraction of sp³-hybridized carbons (Fsp3) is 0.0286. The molecule has 4 aromatic carbocycles. The summed E-state index contributed by atoms with van der Waals surface area (Å²) < 4.78 is 1.66. The van der Waals surface area contributed by atoms with Gasteiger partial charge in [-0.3, -0.25) is 14.4 Å². The van der Waals surface area contributed by atoms with Crippen LogP contribution in [-0.2, 0) is 0 Å². The van der Waals surface area contributed by atoms with Crippen LogP contribution in [-0.4, -0.2) is 21.6 Å². The average Bonchev–Trinajstić information content (AvgIpc) is 3.02. The molecule has 0 unspecified atom stereocenters. The number of carbonyl (C=O) groups is 2. The van der Waals surface area contributed by atoms with Crippen molar-refractivity contribution in [2.75, 3.05) is 10.6 Å². The van der Waals surface area contributed by atoms with Crippen LogP contribution in [0.2, 0.25) is 5.02 Å². The molecule has 0 spiro atoms. The zero-order valence-corrected chi connectivity index (χ0v) is 23.8. The van der Waals surface area contributed by atoms with Crippen molar-refractivity contribution in [3.8, 4) is 28.1 Å². The van der Waals surface area contributed by atoms with Crippen LogP contribution in [0.25, 0.3) is 28.1 Å². The van der Waals surface area contributed by atoms with Gasteiger partial charge in [-0.1, -0.05) is 78.3 Å². The molecule has 6 rings (SSSR count). The minimum Gasteiger partial charge on any atom is -0.322 e. The lowest BCUT2D eigenvalue weighted by molar-refractivity contribution is 0.102. The third-order valence-electron chi connectivity index (χ3n) is 7.07. The number of anilines is 2.